The number of aliphatic hydroxyl groups is 6. The van der Waals surface area contributed by atoms with Crippen molar-refractivity contribution < 1.29 is 30.6 Å². The van der Waals surface area contributed by atoms with Crippen molar-refractivity contribution in [3.63, 3.8) is 0 Å². The molecule has 6 nitrogen and oxygen atoms in total. The summed E-state index contributed by atoms with van der Waals surface area (Å²) in [5.41, 5.74) is -0.306. The third-order valence-electron chi connectivity index (χ3n) is 2.39. The van der Waals surface area contributed by atoms with Gasteiger partial charge in [-0.1, -0.05) is 26.7 Å². The van der Waals surface area contributed by atoms with Gasteiger partial charge < -0.3 is 30.6 Å². The van der Waals surface area contributed by atoms with Crippen molar-refractivity contribution in [3.8, 4) is 0 Å². The van der Waals surface area contributed by atoms with Gasteiger partial charge in [0.1, 0.15) is 0 Å². The molecule has 138 valence electrons. The quantitative estimate of drug-likeness (QED) is 0.297. The lowest BCUT2D eigenvalue weighted by Crippen LogP contribution is -2.20. The van der Waals surface area contributed by atoms with E-state index in [0.717, 1.165) is 37.2 Å². The number of unbranched alkanes of at least 4 members (excludes halogenated alkanes) is 3. The van der Waals surface area contributed by atoms with E-state index in [0.29, 0.717) is 0 Å². The summed E-state index contributed by atoms with van der Waals surface area (Å²) in [6, 6.07) is 0. The van der Waals surface area contributed by atoms with E-state index in [9.17, 15) is 0 Å². The average Bonchev–Trinajstić information content (AvgIpc) is 2.53. The SMILES string of the molecule is CC(C)(CO)CO.OCCCCCCO.OCCSCCO. The molecule has 0 aliphatic heterocycles. The van der Waals surface area contributed by atoms with Gasteiger partial charge >= 0.3 is 0 Å². The van der Waals surface area contributed by atoms with Crippen LogP contribution in [0.5, 0.6) is 0 Å². The molecular weight excluding hydrogens is 308 g/mol. The van der Waals surface area contributed by atoms with Crippen LogP contribution in [0.1, 0.15) is 39.5 Å². The Hall–Kier alpha value is 0.110. The Bertz CT molecular complexity index is 165. The standard InChI is InChI=1S/C6H14O2.C5H12O2.C4H10O2S/c7-5-3-1-2-4-6-8;1-5(2,3-6)4-7;5-1-3-7-4-2-6/h7-8H,1-6H2;6-7H,3-4H2,1-2H3;5-6H,1-4H2. The van der Waals surface area contributed by atoms with Crippen LogP contribution in [-0.4, -0.2) is 81.8 Å². The van der Waals surface area contributed by atoms with E-state index >= 15 is 0 Å². The Labute approximate surface area is 139 Å². The molecule has 0 saturated carbocycles. The lowest BCUT2D eigenvalue weighted by Gasteiger charge is -2.16. The van der Waals surface area contributed by atoms with E-state index in [4.69, 9.17) is 30.6 Å². The first-order valence-corrected chi connectivity index (χ1v) is 8.84. The maximum Gasteiger partial charge on any atom is 0.0521 e. The zero-order valence-electron chi connectivity index (χ0n) is 14.1. The normalized spacial score (nSPS) is 10.4. The molecule has 0 aromatic heterocycles. The lowest BCUT2D eigenvalue weighted by molar-refractivity contribution is 0.0857. The van der Waals surface area contributed by atoms with E-state index in [1.807, 2.05) is 0 Å². The summed E-state index contributed by atoms with van der Waals surface area (Å²) in [5, 5.41) is 49.9. The predicted octanol–water partition coefficient (Wildman–Crippen LogP) is 0.233. The third-order valence-corrected chi connectivity index (χ3v) is 3.34. The van der Waals surface area contributed by atoms with Crippen molar-refractivity contribution in [2.24, 2.45) is 5.41 Å². The van der Waals surface area contributed by atoms with Gasteiger partial charge in [-0.25, -0.2) is 0 Å². The molecule has 0 aromatic carbocycles. The smallest absolute Gasteiger partial charge is 0.0521 e. The first-order valence-electron chi connectivity index (χ1n) is 7.68. The van der Waals surface area contributed by atoms with Crippen molar-refractivity contribution in [3.05, 3.63) is 0 Å². The van der Waals surface area contributed by atoms with Crippen LogP contribution >= 0.6 is 11.8 Å². The fourth-order valence-corrected chi connectivity index (χ4v) is 1.32. The number of aliphatic hydroxyl groups excluding tert-OH is 6. The molecule has 0 amide bonds. The molecule has 0 heterocycles. The van der Waals surface area contributed by atoms with Crippen molar-refractivity contribution in [1.82, 2.24) is 0 Å². The van der Waals surface area contributed by atoms with Crippen molar-refractivity contribution in [1.29, 1.82) is 0 Å². The highest BCUT2D eigenvalue weighted by molar-refractivity contribution is 7.99. The summed E-state index contributed by atoms with van der Waals surface area (Å²) < 4.78 is 0. The minimum Gasteiger partial charge on any atom is -0.396 e. The summed E-state index contributed by atoms with van der Waals surface area (Å²) in [5.74, 6) is 1.47. The molecule has 0 saturated heterocycles. The molecule has 0 aliphatic rings. The summed E-state index contributed by atoms with van der Waals surface area (Å²) in [6.07, 6.45) is 3.83. The minimum absolute atomic E-state index is 0.0451. The Balaban J connectivity index is -0.000000247. The van der Waals surface area contributed by atoms with Gasteiger partial charge in [-0.05, 0) is 12.8 Å². The zero-order chi connectivity index (χ0) is 17.7. The first kappa shape index (κ1) is 27.0. The molecule has 0 spiro atoms. The number of hydrogen-bond acceptors (Lipinski definition) is 7. The molecule has 0 atom stereocenters. The van der Waals surface area contributed by atoms with Crippen LogP contribution in [0.4, 0.5) is 0 Å². The van der Waals surface area contributed by atoms with Gasteiger partial charge in [0.25, 0.3) is 0 Å². The second-order valence-electron chi connectivity index (χ2n) is 5.40. The van der Waals surface area contributed by atoms with Gasteiger partial charge in [-0.15, -0.1) is 0 Å². The van der Waals surface area contributed by atoms with Crippen LogP contribution in [0, 0.1) is 5.41 Å². The van der Waals surface area contributed by atoms with Gasteiger partial charge in [0, 0.05) is 30.1 Å². The van der Waals surface area contributed by atoms with Crippen LogP contribution in [-0.2, 0) is 0 Å². The monoisotopic (exact) mass is 344 g/mol. The fraction of sp³-hybridized carbons (Fsp3) is 1.00. The molecule has 6 N–H and O–H groups in total. The molecule has 0 bridgehead atoms. The van der Waals surface area contributed by atoms with E-state index < -0.39 is 0 Å². The summed E-state index contributed by atoms with van der Waals surface area (Å²) in [6.45, 7) is 4.68. The van der Waals surface area contributed by atoms with Gasteiger partial charge in [0.15, 0.2) is 0 Å². The van der Waals surface area contributed by atoms with Crippen LogP contribution in [0.2, 0.25) is 0 Å². The van der Waals surface area contributed by atoms with Crippen molar-refractivity contribution >= 4 is 11.8 Å². The Kier molecular flexibility index (Phi) is 28.7. The van der Waals surface area contributed by atoms with E-state index in [-0.39, 0.29) is 45.1 Å². The molecule has 0 aromatic rings. The van der Waals surface area contributed by atoms with Crippen LogP contribution in [0.25, 0.3) is 0 Å². The molecule has 0 aliphatic carbocycles. The van der Waals surface area contributed by atoms with Crippen molar-refractivity contribution in [2.45, 2.75) is 39.5 Å². The molecule has 0 radical (unpaired) electrons. The molecule has 7 heteroatoms. The number of thioether (sulfide) groups is 1. The van der Waals surface area contributed by atoms with Crippen molar-refractivity contribution in [2.75, 3.05) is 51.1 Å². The third kappa shape index (κ3) is 32.2. The van der Waals surface area contributed by atoms with Crippen LogP contribution in [0.15, 0.2) is 0 Å². The second kappa shape index (κ2) is 23.4. The minimum atomic E-state index is -0.306. The van der Waals surface area contributed by atoms with Gasteiger partial charge in [0.05, 0.1) is 26.4 Å². The van der Waals surface area contributed by atoms with Gasteiger partial charge in [-0.3, -0.25) is 0 Å². The molecular formula is C15H36O6S. The largest absolute Gasteiger partial charge is 0.396 e. The highest BCUT2D eigenvalue weighted by Gasteiger charge is 2.13. The Morgan fingerprint density at radius 3 is 1.14 bits per heavy atom. The first-order chi connectivity index (χ1) is 10.4. The zero-order valence-corrected chi connectivity index (χ0v) is 14.9. The molecule has 0 rings (SSSR count). The average molecular weight is 345 g/mol. The summed E-state index contributed by atoms with van der Waals surface area (Å²) >= 11 is 1.55. The fourth-order valence-electron chi connectivity index (χ4n) is 0.858. The molecule has 0 unspecified atom stereocenters. The van der Waals surface area contributed by atoms with E-state index in [1.165, 1.54) is 0 Å². The van der Waals surface area contributed by atoms with Gasteiger partial charge in [0.2, 0.25) is 0 Å². The second-order valence-corrected chi connectivity index (χ2v) is 6.63. The Morgan fingerprint density at radius 2 is 0.955 bits per heavy atom. The summed E-state index contributed by atoms with van der Waals surface area (Å²) in [7, 11) is 0. The van der Waals surface area contributed by atoms with Gasteiger partial charge in [-0.2, -0.15) is 11.8 Å². The molecule has 22 heavy (non-hydrogen) atoms. The highest BCUT2D eigenvalue weighted by Crippen LogP contribution is 2.10. The molecule has 0 fully saturated rings. The number of hydrogen-bond donors (Lipinski definition) is 6. The summed E-state index contributed by atoms with van der Waals surface area (Å²) in [4.78, 5) is 0. The lowest BCUT2D eigenvalue weighted by atomic mass is 9.97. The maximum absolute atomic E-state index is 8.43. The predicted molar refractivity (Wildman–Crippen MR) is 92.1 cm³/mol. The maximum atomic E-state index is 8.43. The van der Waals surface area contributed by atoms with Crippen LogP contribution in [0.3, 0.4) is 0 Å². The highest BCUT2D eigenvalue weighted by atomic mass is 32.2. The van der Waals surface area contributed by atoms with E-state index in [2.05, 4.69) is 0 Å². The Morgan fingerprint density at radius 1 is 0.591 bits per heavy atom. The van der Waals surface area contributed by atoms with E-state index in [1.54, 1.807) is 25.6 Å². The number of rotatable bonds is 11. The topological polar surface area (TPSA) is 121 Å². The van der Waals surface area contributed by atoms with Crippen LogP contribution < -0.4 is 0 Å².